The maximum atomic E-state index is 13.6. The van der Waals surface area contributed by atoms with Crippen molar-refractivity contribution in [3.05, 3.63) is 125 Å². The zero-order valence-electron chi connectivity index (χ0n) is 22.5. The van der Waals surface area contributed by atoms with Crippen molar-refractivity contribution >= 4 is 34.9 Å². The molecule has 0 radical (unpaired) electrons. The summed E-state index contributed by atoms with van der Waals surface area (Å²) in [4.78, 5) is 44.4. The lowest BCUT2D eigenvalue weighted by molar-refractivity contribution is -0.143. The van der Waals surface area contributed by atoms with Crippen molar-refractivity contribution < 1.29 is 24.3 Å². The average molecular weight is 548 g/mol. The zero-order chi connectivity index (χ0) is 28.8. The minimum atomic E-state index is -1.09. The number of rotatable bonds is 8. The number of para-hydroxylation sites is 1. The highest BCUT2D eigenvalue weighted by Gasteiger charge is 2.24. The van der Waals surface area contributed by atoms with Gasteiger partial charge in [0.05, 0.1) is 11.4 Å². The number of hydrogen-bond donors (Lipinski definition) is 3. The van der Waals surface area contributed by atoms with Gasteiger partial charge in [-0.05, 0) is 60.9 Å². The lowest BCUT2D eigenvalue weighted by atomic mass is 9.98. The lowest BCUT2D eigenvalue weighted by Crippen LogP contribution is -2.32. The maximum Gasteiger partial charge on any atom is 0.332 e. The van der Waals surface area contributed by atoms with Crippen LogP contribution in [0.4, 0.5) is 11.4 Å². The Bertz CT molecular complexity index is 1610. The third-order valence-corrected chi connectivity index (χ3v) is 6.73. The number of nitrogens with zero attached hydrogens (tertiary/aromatic N) is 1. The highest BCUT2D eigenvalue weighted by atomic mass is 16.7. The molecule has 1 aliphatic rings. The van der Waals surface area contributed by atoms with Gasteiger partial charge in [0.2, 0.25) is 0 Å². The van der Waals surface area contributed by atoms with E-state index in [4.69, 9.17) is 9.94 Å². The molecule has 206 valence electrons. The summed E-state index contributed by atoms with van der Waals surface area (Å²) in [7, 11) is 0. The third-order valence-electron chi connectivity index (χ3n) is 6.73. The van der Waals surface area contributed by atoms with Gasteiger partial charge in [0.1, 0.15) is 0 Å². The van der Waals surface area contributed by atoms with Gasteiger partial charge >= 0.3 is 5.97 Å². The number of hydrogen-bond acceptors (Lipinski definition) is 5. The van der Waals surface area contributed by atoms with Crippen LogP contribution in [0.5, 0.6) is 0 Å². The molecule has 2 amide bonds. The molecule has 0 atom stereocenters. The summed E-state index contributed by atoms with van der Waals surface area (Å²) < 4.78 is 0. The van der Waals surface area contributed by atoms with Crippen molar-refractivity contribution in [3.63, 3.8) is 0 Å². The molecular formula is C33H29N3O5. The summed E-state index contributed by atoms with van der Waals surface area (Å²) in [6.07, 6.45) is 2.41. The first-order chi connectivity index (χ1) is 19.9. The molecule has 0 unspecified atom stereocenters. The van der Waals surface area contributed by atoms with Crippen LogP contribution < -0.4 is 15.7 Å². The largest absolute Gasteiger partial charge is 0.479 e. The van der Waals surface area contributed by atoms with Gasteiger partial charge in [-0.3, -0.25) is 19.9 Å². The van der Waals surface area contributed by atoms with Crippen LogP contribution in [0, 0.1) is 6.92 Å². The van der Waals surface area contributed by atoms with E-state index in [0.29, 0.717) is 41.2 Å². The van der Waals surface area contributed by atoms with Gasteiger partial charge in [0.15, 0.2) is 6.61 Å². The molecule has 8 nitrogen and oxygen atoms in total. The fourth-order valence-electron chi connectivity index (χ4n) is 4.70. The van der Waals surface area contributed by atoms with Crippen molar-refractivity contribution in [2.24, 2.45) is 0 Å². The summed E-state index contributed by atoms with van der Waals surface area (Å²) in [5, 5.41) is 11.8. The SMILES string of the molecule is Cc1ccc(-c2ccccc2C(=O)Nc2ccc(C(=O)N3CCC=C(NOCC(=O)O)c4ccccc43)cc2)cc1. The highest BCUT2D eigenvalue weighted by molar-refractivity contribution is 6.10. The van der Waals surface area contributed by atoms with Crippen molar-refractivity contribution in [3.8, 4) is 11.1 Å². The van der Waals surface area contributed by atoms with E-state index < -0.39 is 12.6 Å². The normalized spacial score (nSPS) is 12.5. The lowest BCUT2D eigenvalue weighted by Gasteiger charge is -2.24. The Balaban J connectivity index is 1.31. The van der Waals surface area contributed by atoms with Gasteiger partial charge in [0.25, 0.3) is 11.8 Å². The summed E-state index contributed by atoms with van der Waals surface area (Å²) in [5.41, 5.74) is 9.25. The number of aliphatic carboxylic acids is 1. The highest BCUT2D eigenvalue weighted by Crippen LogP contribution is 2.31. The van der Waals surface area contributed by atoms with E-state index in [2.05, 4.69) is 10.8 Å². The monoisotopic (exact) mass is 547 g/mol. The number of anilines is 2. The van der Waals surface area contributed by atoms with Gasteiger partial charge in [0, 0.05) is 28.9 Å². The van der Waals surface area contributed by atoms with Crippen LogP contribution in [-0.2, 0) is 9.63 Å². The second kappa shape index (κ2) is 12.3. The third kappa shape index (κ3) is 6.34. The maximum absolute atomic E-state index is 13.6. The van der Waals surface area contributed by atoms with E-state index in [-0.39, 0.29) is 11.8 Å². The van der Waals surface area contributed by atoms with Crippen molar-refractivity contribution in [2.75, 3.05) is 23.4 Å². The van der Waals surface area contributed by atoms with E-state index in [9.17, 15) is 14.4 Å². The molecule has 5 rings (SSSR count). The molecule has 0 bridgehead atoms. The van der Waals surface area contributed by atoms with Crippen LogP contribution in [0.1, 0.15) is 38.3 Å². The van der Waals surface area contributed by atoms with Crippen molar-refractivity contribution in [1.82, 2.24) is 5.48 Å². The Labute approximate surface area is 237 Å². The summed E-state index contributed by atoms with van der Waals surface area (Å²) in [6.45, 7) is 1.95. The Morgan fingerprint density at radius 1 is 0.854 bits per heavy atom. The fraction of sp³-hybridized carbons (Fsp3) is 0.121. The minimum Gasteiger partial charge on any atom is -0.479 e. The van der Waals surface area contributed by atoms with Crippen LogP contribution in [0.15, 0.2) is 103 Å². The van der Waals surface area contributed by atoms with Crippen molar-refractivity contribution in [1.29, 1.82) is 0 Å². The van der Waals surface area contributed by atoms with Crippen LogP contribution in [0.2, 0.25) is 0 Å². The molecule has 8 heteroatoms. The summed E-state index contributed by atoms with van der Waals surface area (Å²) in [6, 6.07) is 29.7. The fourth-order valence-corrected chi connectivity index (χ4v) is 4.70. The molecule has 0 aliphatic carbocycles. The first kappa shape index (κ1) is 27.4. The predicted molar refractivity (Wildman–Crippen MR) is 158 cm³/mol. The second-order valence-corrected chi connectivity index (χ2v) is 9.61. The van der Waals surface area contributed by atoms with E-state index in [1.54, 1.807) is 35.2 Å². The van der Waals surface area contributed by atoms with E-state index in [1.807, 2.05) is 79.7 Å². The standard InChI is InChI=1S/C33H29N3O5/c1-22-12-14-23(15-13-22)26-7-2-3-8-27(26)32(39)34-25-18-16-24(17-19-25)33(40)36-20-6-10-29(35-41-21-31(37)38)28-9-4-5-11-30(28)36/h2-5,7-19,35H,6,20-21H2,1H3,(H,34,39)(H,37,38). The Morgan fingerprint density at radius 2 is 1.54 bits per heavy atom. The molecule has 0 aromatic heterocycles. The van der Waals surface area contributed by atoms with Gasteiger partial charge in [-0.15, -0.1) is 0 Å². The first-order valence-electron chi connectivity index (χ1n) is 13.2. The molecule has 0 spiro atoms. The molecule has 0 fully saturated rings. The Morgan fingerprint density at radius 3 is 2.27 bits per heavy atom. The number of benzene rings is 4. The van der Waals surface area contributed by atoms with E-state index in [0.717, 1.165) is 22.3 Å². The Hall–Kier alpha value is -5.21. The molecule has 4 aromatic rings. The number of carbonyl (C=O) groups excluding carboxylic acids is 2. The van der Waals surface area contributed by atoms with Crippen molar-refractivity contribution in [2.45, 2.75) is 13.3 Å². The topological polar surface area (TPSA) is 108 Å². The molecule has 4 aromatic carbocycles. The zero-order valence-corrected chi connectivity index (χ0v) is 22.5. The Kier molecular flexibility index (Phi) is 8.22. The number of aryl methyl sites for hydroxylation is 1. The predicted octanol–water partition coefficient (Wildman–Crippen LogP) is 5.91. The molecule has 41 heavy (non-hydrogen) atoms. The first-order valence-corrected chi connectivity index (χ1v) is 13.2. The summed E-state index contributed by atoms with van der Waals surface area (Å²) in [5.74, 6) is -1.52. The number of carboxylic acid groups (broad SMARTS) is 1. The quantitative estimate of drug-likeness (QED) is 0.237. The molecule has 0 saturated heterocycles. The smallest absolute Gasteiger partial charge is 0.332 e. The number of carbonyl (C=O) groups is 3. The number of nitrogens with one attached hydrogen (secondary N) is 2. The number of fused-ring (bicyclic) bond motifs is 1. The van der Waals surface area contributed by atoms with Crippen LogP contribution in [-0.4, -0.2) is 36.0 Å². The van der Waals surface area contributed by atoms with Crippen LogP contribution in [0.3, 0.4) is 0 Å². The minimum absolute atomic E-state index is 0.193. The van der Waals surface area contributed by atoms with Gasteiger partial charge in [-0.25, -0.2) is 4.79 Å². The number of hydroxylamine groups is 1. The number of amides is 2. The second-order valence-electron chi connectivity index (χ2n) is 9.61. The van der Waals surface area contributed by atoms with Gasteiger partial charge in [-0.2, -0.15) is 0 Å². The molecule has 3 N–H and O–H groups in total. The molecule has 1 aliphatic heterocycles. The van der Waals surface area contributed by atoms with Crippen LogP contribution in [0.25, 0.3) is 16.8 Å². The molecule has 0 saturated carbocycles. The van der Waals surface area contributed by atoms with Crippen LogP contribution >= 0.6 is 0 Å². The van der Waals surface area contributed by atoms with Gasteiger partial charge in [-0.1, -0.05) is 72.3 Å². The average Bonchev–Trinajstić information content (AvgIpc) is 3.17. The number of carboxylic acids is 1. The van der Waals surface area contributed by atoms with E-state index in [1.165, 1.54) is 0 Å². The van der Waals surface area contributed by atoms with E-state index >= 15 is 0 Å². The van der Waals surface area contributed by atoms with Gasteiger partial charge < -0.3 is 15.3 Å². The summed E-state index contributed by atoms with van der Waals surface area (Å²) >= 11 is 0. The molecular weight excluding hydrogens is 518 g/mol. The molecule has 1 heterocycles.